The number of rotatable bonds is 5. The molecule has 1 aromatic heterocycles. The van der Waals surface area contributed by atoms with E-state index in [1.807, 2.05) is 37.3 Å². The lowest BCUT2D eigenvalue weighted by Gasteiger charge is -2.18. The zero-order chi connectivity index (χ0) is 14.5. The van der Waals surface area contributed by atoms with Crippen LogP contribution in [0.25, 0.3) is 0 Å². The fraction of sp³-hybridized carbons (Fsp3) is 0.286. The molecule has 0 fully saturated rings. The van der Waals surface area contributed by atoms with Crippen LogP contribution in [0.5, 0.6) is 0 Å². The molecule has 0 spiro atoms. The predicted molar refractivity (Wildman–Crippen MR) is 81.8 cm³/mol. The number of aliphatic hydroxyl groups is 1. The van der Waals surface area contributed by atoms with Crippen LogP contribution < -0.4 is 10.9 Å². The second kappa shape index (κ2) is 6.67. The zero-order valence-corrected chi connectivity index (χ0v) is 12.7. The Hall–Kier alpha value is -1.66. The molecule has 106 valence electrons. The smallest absolute Gasteiger partial charge is 0.283 e. The van der Waals surface area contributed by atoms with Gasteiger partial charge in [-0.25, -0.2) is 4.68 Å². The molecule has 2 rings (SSSR count). The maximum Gasteiger partial charge on any atom is 0.283 e. The van der Waals surface area contributed by atoms with E-state index in [0.717, 1.165) is 5.56 Å². The summed E-state index contributed by atoms with van der Waals surface area (Å²) in [5.41, 5.74) is 1.33. The molecule has 2 N–H and O–H groups in total. The first-order chi connectivity index (χ1) is 9.67. The largest absolute Gasteiger partial charge is 0.394 e. The van der Waals surface area contributed by atoms with Gasteiger partial charge in [-0.05, 0) is 28.4 Å². The third-order valence-corrected chi connectivity index (χ3v) is 3.77. The molecule has 0 amide bonds. The topological polar surface area (TPSA) is 67.2 Å². The SMILES string of the molecule is CCn1ncc(NC(CO)c2ccccc2)c(Br)c1=O. The Morgan fingerprint density at radius 3 is 2.70 bits per heavy atom. The van der Waals surface area contributed by atoms with Gasteiger partial charge in [0.25, 0.3) is 5.56 Å². The highest BCUT2D eigenvalue weighted by Gasteiger charge is 2.14. The zero-order valence-electron chi connectivity index (χ0n) is 11.1. The molecule has 5 nitrogen and oxygen atoms in total. The standard InChI is InChI=1S/C14H16BrN3O2/c1-2-18-14(20)13(15)11(8-16-18)17-12(9-19)10-6-4-3-5-7-10/h3-8,12,17,19H,2,9H2,1H3. The maximum atomic E-state index is 12.0. The van der Waals surface area contributed by atoms with Gasteiger partial charge < -0.3 is 10.4 Å². The lowest BCUT2D eigenvalue weighted by molar-refractivity contribution is 0.276. The summed E-state index contributed by atoms with van der Waals surface area (Å²) in [6, 6.07) is 9.28. The number of aliphatic hydroxyl groups excluding tert-OH is 1. The summed E-state index contributed by atoms with van der Waals surface area (Å²) in [5, 5.41) is 16.7. The van der Waals surface area contributed by atoms with Gasteiger partial charge in [-0.3, -0.25) is 4.79 Å². The summed E-state index contributed by atoms with van der Waals surface area (Å²) >= 11 is 3.28. The van der Waals surface area contributed by atoms with Gasteiger partial charge >= 0.3 is 0 Å². The number of aromatic nitrogens is 2. The van der Waals surface area contributed by atoms with E-state index in [-0.39, 0.29) is 18.2 Å². The Labute approximate surface area is 125 Å². The molecule has 0 saturated heterocycles. The number of nitrogens with one attached hydrogen (secondary N) is 1. The minimum Gasteiger partial charge on any atom is -0.394 e. The molecule has 1 heterocycles. The Morgan fingerprint density at radius 2 is 2.10 bits per heavy atom. The third-order valence-electron chi connectivity index (χ3n) is 3.00. The van der Waals surface area contributed by atoms with E-state index >= 15 is 0 Å². The van der Waals surface area contributed by atoms with Crippen molar-refractivity contribution in [1.29, 1.82) is 0 Å². The van der Waals surface area contributed by atoms with Crippen molar-refractivity contribution in [3.8, 4) is 0 Å². The van der Waals surface area contributed by atoms with Crippen LogP contribution in [0, 0.1) is 0 Å². The van der Waals surface area contributed by atoms with Crippen LogP contribution in [0.15, 0.2) is 45.8 Å². The van der Waals surface area contributed by atoms with Crippen LogP contribution >= 0.6 is 15.9 Å². The van der Waals surface area contributed by atoms with Crippen molar-refractivity contribution < 1.29 is 5.11 Å². The van der Waals surface area contributed by atoms with Crippen LogP contribution in [-0.4, -0.2) is 21.5 Å². The number of hydrogen-bond donors (Lipinski definition) is 2. The molecule has 0 aliphatic rings. The Balaban J connectivity index is 2.29. The molecule has 0 aliphatic heterocycles. The number of aryl methyl sites for hydroxylation is 1. The second-order valence-electron chi connectivity index (χ2n) is 4.28. The van der Waals surface area contributed by atoms with Crippen LogP contribution in [-0.2, 0) is 6.54 Å². The Morgan fingerprint density at radius 1 is 1.40 bits per heavy atom. The van der Waals surface area contributed by atoms with E-state index in [4.69, 9.17) is 0 Å². The molecular weight excluding hydrogens is 322 g/mol. The molecule has 6 heteroatoms. The average molecular weight is 338 g/mol. The van der Waals surface area contributed by atoms with Gasteiger partial charge in [0, 0.05) is 6.54 Å². The highest BCUT2D eigenvalue weighted by molar-refractivity contribution is 9.10. The van der Waals surface area contributed by atoms with Crippen LogP contribution in [0.1, 0.15) is 18.5 Å². The van der Waals surface area contributed by atoms with Crippen LogP contribution in [0.4, 0.5) is 5.69 Å². The molecule has 20 heavy (non-hydrogen) atoms. The van der Waals surface area contributed by atoms with E-state index in [9.17, 15) is 9.90 Å². The van der Waals surface area contributed by atoms with Crippen LogP contribution in [0.3, 0.4) is 0 Å². The van der Waals surface area contributed by atoms with Crippen molar-refractivity contribution in [2.45, 2.75) is 19.5 Å². The van der Waals surface area contributed by atoms with Crippen molar-refractivity contribution in [3.05, 3.63) is 56.9 Å². The third kappa shape index (κ3) is 3.08. The average Bonchev–Trinajstić information content (AvgIpc) is 2.50. The highest BCUT2D eigenvalue weighted by atomic mass is 79.9. The van der Waals surface area contributed by atoms with Crippen molar-refractivity contribution in [2.24, 2.45) is 0 Å². The summed E-state index contributed by atoms with van der Waals surface area (Å²) in [6.45, 7) is 2.29. The molecule has 0 bridgehead atoms. The number of benzene rings is 1. The summed E-state index contributed by atoms with van der Waals surface area (Å²) in [7, 11) is 0. The fourth-order valence-electron chi connectivity index (χ4n) is 1.90. The van der Waals surface area contributed by atoms with Gasteiger partial charge in [-0.15, -0.1) is 0 Å². The molecule has 0 radical (unpaired) electrons. The minimum atomic E-state index is -0.286. The molecule has 0 aliphatic carbocycles. The molecule has 0 saturated carbocycles. The van der Waals surface area contributed by atoms with E-state index in [2.05, 4.69) is 26.3 Å². The van der Waals surface area contributed by atoms with E-state index in [0.29, 0.717) is 16.7 Å². The maximum absolute atomic E-state index is 12.0. The molecule has 1 atom stereocenters. The van der Waals surface area contributed by atoms with Gasteiger partial charge in [0.15, 0.2) is 0 Å². The number of nitrogens with zero attached hydrogens (tertiary/aromatic N) is 2. The Bertz CT molecular complexity index is 628. The van der Waals surface area contributed by atoms with E-state index in [1.165, 1.54) is 4.68 Å². The van der Waals surface area contributed by atoms with Crippen molar-refractivity contribution in [2.75, 3.05) is 11.9 Å². The minimum absolute atomic E-state index is 0.0761. The monoisotopic (exact) mass is 337 g/mol. The van der Waals surface area contributed by atoms with Crippen molar-refractivity contribution in [3.63, 3.8) is 0 Å². The van der Waals surface area contributed by atoms with Gasteiger partial charge in [-0.1, -0.05) is 30.3 Å². The van der Waals surface area contributed by atoms with Gasteiger partial charge in [0.05, 0.1) is 24.5 Å². The number of halogens is 1. The van der Waals surface area contributed by atoms with Gasteiger partial charge in [0.1, 0.15) is 4.47 Å². The lowest BCUT2D eigenvalue weighted by Crippen LogP contribution is -2.25. The Kier molecular flexibility index (Phi) is 4.92. The number of anilines is 1. The van der Waals surface area contributed by atoms with Crippen LogP contribution in [0.2, 0.25) is 0 Å². The number of hydrogen-bond acceptors (Lipinski definition) is 4. The predicted octanol–water partition coefficient (Wildman–Crippen LogP) is 2.17. The van der Waals surface area contributed by atoms with Gasteiger partial charge in [-0.2, -0.15) is 5.10 Å². The first-order valence-corrected chi connectivity index (χ1v) is 7.14. The van der Waals surface area contributed by atoms with Gasteiger partial charge in [0.2, 0.25) is 0 Å². The van der Waals surface area contributed by atoms with Crippen molar-refractivity contribution in [1.82, 2.24) is 9.78 Å². The molecule has 1 aromatic carbocycles. The summed E-state index contributed by atoms with van der Waals surface area (Å²) < 4.78 is 1.79. The first-order valence-electron chi connectivity index (χ1n) is 6.35. The lowest BCUT2D eigenvalue weighted by atomic mass is 10.1. The highest BCUT2D eigenvalue weighted by Crippen LogP contribution is 2.23. The summed E-state index contributed by atoms with van der Waals surface area (Å²) in [4.78, 5) is 12.0. The molecule has 2 aromatic rings. The molecule has 1 unspecified atom stereocenters. The summed E-state index contributed by atoms with van der Waals surface area (Å²) in [5.74, 6) is 0. The normalized spacial score (nSPS) is 12.2. The molecular formula is C14H16BrN3O2. The summed E-state index contributed by atoms with van der Waals surface area (Å²) in [6.07, 6.45) is 1.58. The fourth-order valence-corrected chi connectivity index (χ4v) is 2.32. The second-order valence-corrected chi connectivity index (χ2v) is 5.08. The van der Waals surface area contributed by atoms with E-state index in [1.54, 1.807) is 6.20 Å². The first kappa shape index (κ1) is 14.7. The van der Waals surface area contributed by atoms with Crippen molar-refractivity contribution >= 4 is 21.6 Å². The van der Waals surface area contributed by atoms with E-state index < -0.39 is 0 Å². The quantitative estimate of drug-likeness (QED) is 0.877.